The summed E-state index contributed by atoms with van der Waals surface area (Å²) >= 11 is 0. The number of nitrogens with zero attached hydrogens (tertiary/aromatic N) is 5. The van der Waals surface area contributed by atoms with Gasteiger partial charge in [-0.25, -0.2) is 13.8 Å². The van der Waals surface area contributed by atoms with Gasteiger partial charge in [0.2, 0.25) is 0 Å². The number of hydrogen-bond donors (Lipinski definition) is 0. The van der Waals surface area contributed by atoms with E-state index in [1.54, 1.807) is 17.2 Å². The number of rotatable bonds is 3. The summed E-state index contributed by atoms with van der Waals surface area (Å²) in [5.41, 5.74) is -0.0437. The van der Waals surface area contributed by atoms with Gasteiger partial charge in [-0.3, -0.25) is 4.90 Å². The van der Waals surface area contributed by atoms with Crippen LogP contribution in [0.3, 0.4) is 0 Å². The smallest absolute Gasteiger partial charge is 0.150 e. The summed E-state index contributed by atoms with van der Waals surface area (Å²) in [7, 11) is 1.94. The fourth-order valence-corrected chi connectivity index (χ4v) is 2.81. The van der Waals surface area contributed by atoms with Gasteiger partial charge in [-0.15, -0.1) is 0 Å². The molecule has 0 bridgehead atoms. The van der Waals surface area contributed by atoms with Crippen LogP contribution in [0.15, 0.2) is 24.5 Å². The van der Waals surface area contributed by atoms with Gasteiger partial charge in [0.15, 0.2) is 11.6 Å². The van der Waals surface area contributed by atoms with Gasteiger partial charge in [-0.1, -0.05) is 0 Å². The van der Waals surface area contributed by atoms with Crippen LogP contribution in [0.2, 0.25) is 0 Å². The van der Waals surface area contributed by atoms with Crippen molar-refractivity contribution in [3.05, 3.63) is 47.5 Å². The summed E-state index contributed by atoms with van der Waals surface area (Å²) < 4.78 is 30.1. The third kappa shape index (κ3) is 3.17. The number of halogens is 2. The standard InChI is InChI=1S/C16H17F2N5/c1-21-3-2-20-15(21)11-22-4-6-23(7-5-22)16-13(17)8-12(10-19)9-14(16)18/h2-3,8-9H,4-7,11H2,1H3. The predicted molar refractivity (Wildman–Crippen MR) is 81.8 cm³/mol. The molecular weight excluding hydrogens is 300 g/mol. The Morgan fingerprint density at radius 2 is 1.83 bits per heavy atom. The predicted octanol–water partition coefficient (Wildman–Crippen LogP) is 1.89. The van der Waals surface area contributed by atoms with E-state index in [4.69, 9.17) is 5.26 Å². The summed E-state index contributed by atoms with van der Waals surface area (Å²) in [5.74, 6) is -0.396. The van der Waals surface area contributed by atoms with E-state index < -0.39 is 11.6 Å². The van der Waals surface area contributed by atoms with E-state index in [2.05, 4.69) is 9.88 Å². The van der Waals surface area contributed by atoms with E-state index in [0.29, 0.717) is 26.2 Å². The van der Waals surface area contributed by atoms with Gasteiger partial charge in [0.25, 0.3) is 0 Å². The molecule has 0 aliphatic carbocycles. The molecule has 1 fully saturated rings. The number of nitriles is 1. The molecule has 7 heteroatoms. The molecule has 120 valence electrons. The largest absolute Gasteiger partial charge is 0.364 e. The highest BCUT2D eigenvalue weighted by molar-refractivity contribution is 5.53. The van der Waals surface area contributed by atoms with Crippen molar-refractivity contribution < 1.29 is 8.78 Å². The van der Waals surface area contributed by atoms with Crippen LogP contribution in [-0.2, 0) is 13.6 Å². The Bertz CT molecular complexity index is 718. The topological polar surface area (TPSA) is 48.1 Å². The number of anilines is 1. The molecule has 0 spiro atoms. The van der Waals surface area contributed by atoms with Crippen molar-refractivity contribution in [3.8, 4) is 6.07 Å². The normalized spacial score (nSPS) is 15.7. The monoisotopic (exact) mass is 317 g/mol. The second-order valence-electron chi connectivity index (χ2n) is 5.62. The third-order valence-electron chi connectivity index (χ3n) is 4.12. The van der Waals surface area contributed by atoms with Crippen molar-refractivity contribution in [2.75, 3.05) is 31.1 Å². The average molecular weight is 317 g/mol. The van der Waals surface area contributed by atoms with Crippen molar-refractivity contribution in [3.63, 3.8) is 0 Å². The summed E-state index contributed by atoms with van der Waals surface area (Å²) in [6.45, 7) is 3.18. The zero-order valence-corrected chi connectivity index (χ0v) is 12.8. The quantitative estimate of drug-likeness (QED) is 0.867. The van der Waals surface area contributed by atoms with Crippen molar-refractivity contribution in [1.82, 2.24) is 14.5 Å². The number of piperazine rings is 1. The highest BCUT2D eigenvalue weighted by Crippen LogP contribution is 2.26. The van der Waals surface area contributed by atoms with Crippen molar-refractivity contribution in [2.24, 2.45) is 7.05 Å². The van der Waals surface area contributed by atoms with Crippen molar-refractivity contribution in [1.29, 1.82) is 5.26 Å². The first-order valence-electron chi connectivity index (χ1n) is 7.41. The fraction of sp³-hybridized carbons (Fsp3) is 0.375. The Hall–Kier alpha value is -2.46. The first kappa shape index (κ1) is 15.4. The molecule has 1 saturated heterocycles. The van der Waals surface area contributed by atoms with E-state index >= 15 is 0 Å². The molecule has 0 radical (unpaired) electrons. The summed E-state index contributed by atoms with van der Waals surface area (Å²) in [5, 5.41) is 8.76. The highest BCUT2D eigenvalue weighted by atomic mass is 19.1. The third-order valence-corrected chi connectivity index (χ3v) is 4.12. The molecule has 1 aromatic heterocycles. The second kappa shape index (κ2) is 6.34. The maximum atomic E-state index is 14.1. The van der Waals surface area contributed by atoms with Gasteiger partial charge in [0.1, 0.15) is 11.5 Å². The minimum atomic E-state index is -0.681. The number of benzene rings is 1. The molecule has 1 aliphatic heterocycles. The highest BCUT2D eigenvalue weighted by Gasteiger charge is 2.23. The summed E-state index contributed by atoms with van der Waals surface area (Å²) in [6, 6.07) is 3.92. The van der Waals surface area contributed by atoms with Crippen LogP contribution in [0, 0.1) is 23.0 Å². The van der Waals surface area contributed by atoms with Crippen LogP contribution >= 0.6 is 0 Å². The maximum absolute atomic E-state index is 14.1. The average Bonchev–Trinajstić information content (AvgIpc) is 2.93. The van der Waals surface area contributed by atoms with Crippen LogP contribution in [-0.4, -0.2) is 40.6 Å². The number of aryl methyl sites for hydroxylation is 1. The Labute approximate surface area is 133 Å². The summed E-state index contributed by atoms with van der Waals surface area (Å²) in [4.78, 5) is 8.19. The lowest BCUT2D eigenvalue weighted by Gasteiger charge is -2.36. The Kier molecular flexibility index (Phi) is 4.26. The van der Waals surface area contributed by atoms with Gasteiger partial charge in [-0.2, -0.15) is 5.26 Å². The fourth-order valence-electron chi connectivity index (χ4n) is 2.81. The maximum Gasteiger partial charge on any atom is 0.150 e. The van der Waals surface area contributed by atoms with Crippen LogP contribution in [0.4, 0.5) is 14.5 Å². The minimum Gasteiger partial charge on any atom is -0.364 e. The molecule has 5 nitrogen and oxygen atoms in total. The first-order chi connectivity index (χ1) is 11.1. The lowest BCUT2D eigenvalue weighted by atomic mass is 10.1. The molecule has 0 atom stereocenters. The molecule has 0 N–H and O–H groups in total. The van der Waals surface area contributed by atoms with E-state index in [9.17, 15) is 8.78 Å². The Morgan fingerprint density at radius 3 is 2.35 bits per heavy atom. The van der Waals surface area contributed by atoms with Gasteiger partial charge in [-0.05, 0) is 12.1 Å². The van der Waals surface area contributed by atoms with Crippen LogP contribution in [0.5, 0.6) is 0 Å². The molecule has 1 aromatic carbocycles. The Morgan fingerprint density at radius 1 is 1.17 bits per heavy atom. The Balaban J connectivity index is 1.68. The second-order valence-corrected chi connectivity index (χ2v) is 5.62. The van der Waals surface area contributed by atoms with Gasteiger partial charge in [0, 0.05) is 45.6 Å². The molecule has 1 aliphatic rings. The van der Waals surface area contributed by atoms with Crippen LogP contribution in [0.1, 0.15) is 11.4 Å². The van der Waals surface area contributed by atoms with E-state index in [1.165, 1.54) is 0 Å². The first-order valence-corrected chi connectivity index (χ1v) is 7.41. The molecular formula is C16H17F2N5. The van der Waals surface area contributed by atoms with Crippen molar-refractivity contribution >= 4 is 5.69 Å². The minimum absolute atomic E-state index is 0.00262. The van der Waals surface area contributed by atoms with E-state index in [0.717, 1.165) is 24.5 Å². The molecule has 23 heavy (non-hydrogen) atoms. The van der Waals surface area contributed by atoms with Crippen LogP contribution < -0.4 is 4.90 Å². The molecule has 2 heterocycles. The molecule has 0 unspecified atom stereocenters. The lowest BCUT2D eigenvalue weighted by Crippen LogP contribution is -2.46. The molecule has 2 aromatic rings. The number of imidazole rings is 1. The molecule has 3 rings (SSSR count). The van der Waals surface area contributed by atoms with Gasteiger partial charge in [0.05, 0.1) is 18.2 Å². The van der Waals surface area contributed by atoms with Crippen molar-refractivity contribution in [2.45, 2.75) is 6.54 Å². The molecule has 0 saturated carbocycles. The van der Waals surface area contributed by atoms with Gasteiger partial charge < -0.3 is 9.47 Å². The van der Waals surface area contributed by atoms with Crippen LogP contribution in [0.25, 0.3) is 0 Å². The SMILES string of the molecule is Cn1ccnc1CN1CCN(c2c(F)cc(C#N)cc2F)CC1. The zero-order valence-electron chi connectivity index (χ0n) is 12.8. The number of aromatic nitrogens is 2. The van der Waals surface area contributed by atoms with Gasteiger partial charge >= 0.3 is 0 Å². The summed E-state index contributed by atoms with van der Waals surface area (Å²) in [6.07, 6.45) is 3.65. The van der Waals surface area contributed by atoms with E-state index in [1.807, 2.05) is 17.8 Å². The zero-order chi connectivity index (χ0) is 16.4. The number of hydrogen-bond acceptors (Lipinski definition) is 4. The lowest BCUT2D eigenvalue weighted by molar-refractivity contribution is 0.240. The van der Waals surface area contributed by atoms with E-state index in [-0.39, 0.29) is 11.3 Å². The molecule has 0 amide bonds.